The molecule has 0 heterocycles. The van der Waals surface area contributed by atoms with E-state index in [9.17, 15) is 18.4 Å². The molecule has 1 aliphatic rings. The quantitative estimate of drug-likeness (QED) is 0.740. The van der Waals surface area contributed by atoms with Crippen LogP contribution >= 0.6 is 0 Å². The van der Waals surface area contributed by atoms with Crippen LogP contribution in [0.15, 0.2) is 0 Å². The molecule has 2 amide bonds. The summed E-state index contributed by atoms with van der Waals surface area (Å²) in [5.41, 5.74) is -0.165. The molecule has 2 N–H and O–H groups in total. The fraction of sp³-hybridized carbons (Fsp3) is 0.857. The van der Waals surface area contributed by atoms with Crippen LogP contribution in [-0.4, -0.2) is 38.1 Å². The van der Waals surface area contributed by atoms with Crippen molar-refractivity contribution in [1.29, 1.82) is 0 Å². The Morgan fingerprint density at radius 2 is 2.05 bits per heavy atom. The summed E-state index contributed by atoms with van der Waals surface area (Å²) in [4.78, 5) is 22.0. The molecule has 0 saturated heterocycles. The summed E-state index contributed by atoms with van der Waals surface area (Å²) in [6.07, 6.45) is -0.504. The van der Waals surface area contributed by atoms with Gasteiger partial charge < -0.3 is 15.4 Å². The van der Waals surface area contributed by atoms with Gasteiger partial charge in [-0.2, -0.15) is 0 Å². The second kappa shape index (κ2) is 7.04. The van der Waals surface area contributed by atoms with E-state index in [1.165, 1.54) is 0 Å². The zero-order valence-corrected chi connectivity index (χ0v) is 12.7. The number of hydrogen-bond donors (Lipinski definition) is 2. The molecule has 1 saturated carbocycles. The Labute approximate surface area is 123 Å². The number of halogens is 2. The van der Waals surface area contributed by atoms with Gasteiger partial charge in [0.25, 0.3) is 6.43 Å². The van der Waals surface area contributed by atoms with Crippen LogP contribution in [0, 0.1) is 10.8 Å². The van der Waals surface area contributed by atoms with E-state index in [1.54, 1.807) is 0 Å². The molecule has 122 valence electrons. The first-order chi connectivity index (χ1) is 9.66. The summed E-state index contributed by atoms with van der Waals surface area (Å²) in [5.74, 6) is 0. The first kappa shape index (κ1) is 17.7. The summed E-state index contributed by atoms with van der Waals surface area (Å²) in [6.45, 7) is 5.84. The van der Waals surface area contributed by atoms with E-state index in [4.69, 9.17) is 0 Å². The van der Waals surface area contributed by atoms with Gasteiger partial charge in [0.15, 0.2) is 6.61 Å². The second-order valence-electron chi connectivity index (χ2n) is 6.89. The van der Waals surface area contributed by atoms with Gasteiger partial charge in [-0.3, -0.25) is 4.79 Å². The van der Waals surface area contributed by atoms with Crippen molar-refractivity contribution in [1.82, 2.24) is 10.6 Å². The molecule has 7 heteroatoms. The van der Waals surface area contributed by atoms with Crippen LogP contribution in [0.25, 0.3) is 0 Å². The molecule has 0 radical (unpaired) electrons. The lowest BCUT2D eigenvalue weighted by atomic mass is 9.62. The highest BCUT2D eigenvalue weighted by molar-refractivity contribution is 5.67. The third kappa shape index (κ3) is 6.27. The first-order valence-corrected chi connectivity index (χ1v) is 7.04. The molecule has 1 rings (SSSR count). The summed E-state index contributed by atoms with van der Waals surface area (Å²) in [7, 11) is 0. The van der Waals surface area contributed by atoms with Crippen LogP contribution in [0.5, 0.6) is 0 Å². The standard InChI is InChI=1S/C14H24F2N2O3/c1-13(2)4-10(18-12(20)21-6-11(15)16)5-14(3,7-13)8-17-9-19/h9-11H,4-8H2,1-3H3,(H,17,19)(H,18,20). The van der Waals surface area contributed by atoms with Crippen molar-refractivity contribution < 1.29 is 23.1 Å². The summed E-state index contributed by atoms with van der Waals surface area (Å²) in [6, 6.07) is -0.155. The largest absolute Gasteiger partial charge is 0.443 e. The van der Waals surface area contributed by atoms with Gasteiger partial charge >= 0.3 is 6.09 Å². The van der Waals surface area contributed by atoms with Crippen LogP contribution in [-0.2, 0) is 9.53 Å². The van der Waals surface area contributed by atoms with Gasteiger partial charge in [-0.1, -0.05) is 20.8 Å². The van der Waals surface area contributed by atoms with Gasteiger partial charge in [-0.15, -0.1) is 0 Å². The van der Waals surface area contributed by atoms with E-state index < -0.39 is 19.1 Å². The molecule has 0 aliphatic heterocycles. The smallest absolute Gasteiger partial charge is 0.407 e. The molecular weight excluding hydrogens is 282 g/mol. The zero-order chi connectivity index (χ0) is 16.1. The predicted molar refractivity (Wildman–Crippen MR) is 74.1 cm³/mol. The maximum atomic E-state index is 12.0. The minimum absolute atomic E-state index is 0.0156. The highest BCUT2D eigenvalue weighted by atomic mass is 19.3. The van der Waals surface area contributed by atoms with E-state index >= 15 is 0 Å². The molecule has 2 unspecified atom stereocenters. The molecule has 0 aromatic heterocycles. The number of amides is 2. The van der Waals surface area contributed by atoms with Gasteiger partial charge in [-0.25, -0.2) is 13.6 Å². The minimum atomic E-state index is -2.67. The third-order valence-corrected chi connectivity index (χ3v) is 3.72. The van der Waals surface area contributed by atoms with Crippen molar-refractivity contribution in [2.45, 2.75) is 52.5 Å². The molecule has 0 bridgehead atoms. The second-order valence-corrected chi connectivity index (χ2v) is 6.89. The van der Waals surface area contributed by atoms with Gasteiger partial charge in [0.1, 0.15) is 0 Å². The number of carbonyl (C=O) groups excluding carboxylic acids is 2. The molecule has 0 spiro atoms. The maximum Gasteiger partial charge on any atom is 0.407 e. The van der Waals surface area contributed by atoms with Gasteiger partial charge in [0, 0.05) is 12.6 Å². The Hall–Kier alpha value is -1.40. The Morgan fingerprint density at radius 3 is 2.62 bits per heavy atom. The number of ether oxygens (including phenoxy) is 1. The Morgan fingerprint density at radius 1 is 1.38 bits per heavy atom. The van der Waals surface area contributed by atoms with Crippen LogP contribution in [0.3, 0.4) is 0 Å². The fourth-order valence-corrected chi connectivity index (χ4v) is 3.51. The van der Waals surface area contributed by atoms with E-state index in [2.05, 4.69) is 29.2 Å². The lowest BCUT2D eigenvalue weighted by molar-refractivity contribution is -0.110. The molecule has 1 aliphatic carbocycles. The summed E-state index contributed by atoms with van der Waals surface area (Å²) < 4.78 is 28.5. The van der Waals surface area contributed by atoms with E-state index in [0.29, 0.717) is 19.4 Å². The van der Waals surface area contributed by atoms with E-state index in [1.807, 2.05) is 6.92 Å². The molecule has 0 aromatic carbocycles. The number of alkyl carbamates (subject to hydrolysis) is 1. The minimum Gasteiger partial charge on any atom is -0.443 e. The molecule has 1 fully saturated rings. The lowest BCUT2D eigenvalue weighted by Gasteiger charge is -2.46. The third-order valence-electron chi connectivity index (χ3n) is 3.72. The Kier molecular flexibility index (Phi) is 5.92. The average Bonchev–Trinajstić information content (AvgIpc) is 2.31. The fourth-order valence-electron chi connectivity index (χ4n) is 3.51. The molecular formula is C14H24F2N2O3. The number of nitrogens with one attached hydrogen (secondary N) is 2. The summed E-state index contributed by atoms with van der Waals surface area (Å²) in [5, 5.41) is 5.34. The average molecular weight is 306 g/mol. The van der Waals surface area contributed by atoms with Crippen LogP contribution in [0.4, 0.5) is 13.6 Å². The number of rotatable bonds is 6. The van der Waals surface area contributed by atoms with Crippen molar-refractivity contribution >= 4 is 12.5 Å². The predicted octanol–water partition coefficient (Wildman–Crippen LogP) is 2.31. The van der Waals surface area contributed by atoms with Crippen LogP contribution < -0.4 is 10.6 Å². The number of hydrogen-bond acceptors (Lipinski definition) is 3. The van der Waals surface area contributed by atoms with Crippen molar-refractivity contribution in [3.8, 4) is 0 Å². The Balaban J connectivity index is 2.60. The van der Waals surface area contributed by atoms with Gasteiger partial charge in [0.2, 0.25) is 6.41 Å². The van der Waals surface area contributed by atoms with Crippen molar-refractivity contribution in [2.24, 2.45) is 10.8 Å². The monoisotopic (exact) mass is 306 g/mol. The SMILES string of the molecule is CC1(C)CC(NC(=O)OCC(F)F)CC(C)(CNC=O)C1. The normalized spacial score (nSPS) is 28.0. The molecule has 5 nitrogen and oxygen atoms in total. The van der Waals surface area contributed by atoms with E-state index in [0.717, 1.165) is 12.8 Å². The molecule has 21 heavy (non-hydrogen) atoms. The Bertz CT molecular complexity index is 377. The number of carbonyl (C=O) groups is 2. The highest BCUT2D eigenvalue weighted by Gasteiger charge is 2.41. The topological polar surface area (TPSA) is 67.4 Å². The lowest BCUT2D eigenvalue weighted by Crippen LogP contribution is -2.49. The molecule has 2 atom stereocenters. The van der Waals surface area contributed by atoms with Crippen molar-refractivity contribution in [2.75, 3.05) is 13.2 Å². The van der Waals surface area contributed by atoms with E-state index in [-0.39, 0.29) is 16.9 Å². The van der Waals surface area contributed by atoms with Crippen LogP contribution in [0.2, 0.25) is 0 Å². The number of alkyl halides is 2. The van der Waals surface area contributed by atoms with Gasteiger partial charge in [-0.05, 0) is 30.1 Å². The zero-order valence-electron chi connectivity index (χ0n) is 12.7. The molecule has 0 aromatic rings. The maximum absolute atomic E-state index is 12.0. The van der Waals surface area contributed by atoms with Crippen molar-refractivity contribution in [3.05, 3.63) is 0 Å². The van der Waals surface area contributed by atoms with Crippen molar-refractivity contribution in [3.63, 3.8) is 0 Å². The van der Waals surface area contributed by atoms with Gasteiger partial charge in [0.05, 0.1) is 0 Å². The summed E-state index contributed by atoms with van der Waals surface area (Å²) >= 11 is 0. The first-order valence-electron chi connectivity index (χ1n) is 7.04. The highest BCUT2D eigenvalue weighted by Crippen LogP contribution is 2.45. The van der Waals surface area contributed by atoms with Crippen LogP contribution in [0.1, 0.15) is 40.0 Å².